The summed E-state index contributed by atoms with van der Waals surface area (Å²) >= 11 is 5.61. The van der Waals surface area contributed by atoms with Crippen molar-refractivity contribution in [3.05, 3.63) is 64.2 Å². The third kappa shape index (κ3) is 4.89. The smallest absolute Gasteiger partial charge is 0.376 e. The second kappa shape index (κ2) is 7.57. The lowest BCUT2D eigenvalue weighted by atomic mass is 10.1. The van der Waals surface area contributed by atoms with Crippen LogP contribution in [0.4, 0.5) is 18.9 Å². The van der Waals surface area contributed by atoms with E-state index >= 15 is 0 Å². The van der Waals surface area contributed by atoms with Gasteiger partial charge in [0.15, 0.2) is 0 Å². The highest BCUT2D eigenvalue weighted by molar-refractivity contribution is 6.30. The molecule has 0 aliphatic heterocycles. The number of amides is 1. The van der Waals surface area contributed by atoms with Crippen LogP contribution in [0.3, 0.4) is 0 Å². The SMILES string of the molecule is Cc1ccccc1CNC(=O)CNc1ccc(Cl)cc1C(F)(F)F. The molecule has 2 aromatic rings. The Labute approximate surface area is 142 Å². The van der Waals surface area contributed by atoms with Crippen LogP contribution >= 0.6 is 11.6 Å². The molecule has 2 N–H and O–H groups in total. The average molecular weight is 357 g/mol. The number of carbonyl (C=O) groups is 1. The van der Waals surface area contributed by atoms with Gasteiger partial charge in [0.05, 0.1) is 12.1 Å². The molecule has 0 bridgehead atoms. The van der Waals surface area contributed by atoms with E-state index in [4.69, 9.17) is 11.6 Å². The first kappa shape index (κ1) is 18.1. The van der Waals surface area contributed by atoms with Crippen molar-refractivity contribution in [3.8, 4) is 0 Å². The maximum absolute atomic E-state index is 13.0. The fourth-order valence-corrected chi connectivity index (χ4v) is 2.32. The zero-order chi connectivity index (χ0) is 17.7. The Bertz CT molecular complexity index is 732. The Morgan fingerprint density at radius 3 is 2.54 bits per heavy atom. The van der Waals surface area contributed by atoms with E-state index in [1.54, 1.807) is 0 Å². The van der Waals surface area contributed by atoms with E-state index in [9.17, 15) is 18.0 Å². The largest absolute Gasteiger partial charge is 0.418 e. The summed E-state index contributed by atoms with van der Waals surface area (Å²) in [5.41, 5.74) is 0.899. The van der Waals surface area contributed by atoms with Gasteiger partial charge in [0.2, 0.25) is 5.91 Å². The number of rotatable bonds is 5. The van der Waals surface area contributed by atoms with Gasteiger partial charge in [-0.05, 0) is 36.2 Å². The first-order valence-electron chi connectivity index (χ1n) is 7.19. The molecule has 0 aromatic heterocycles. The standard InChI is InChI=1S/C17H16ClF3N2O/c1-11-4-2-3-5-12(11)9-23-16(24)10-22-15-7-6-13(18)8-14(15)17(19,20)21/h2-8,22H,9-10H2,1H3,(H,23,24). The summed E-state index contributed by atoms with van der Waals surface area (Å²) in [5.74, 6) is -0.402. The number of carbonyl (C=O) groups excluding carboxylic acids is 1. The van der Waals surface area contributed by atoms with E-state index in [1.807, 2.05) is 31.2 Å². The molecule has 3 nitrogen and oxygen atoms in total. The Morgan fingerprint density at radius 2 is 1.88 bits per heavy atom. The molecule has 1 amide bonds. The molecular formula is C17H16ClF3N2O. The molecule has 2 aromatic carbocycles. The highest BCUT2D eigenvalue weighted by Crippen LogP contribution is 2.36. The molecule has 7 heteroatoms. The van der Waals surface area contributed by atoms with Gasteiger partial charge in [0, 0.05) is 17.3 Å². The van der Waals surface area contributed by atoms with Crippen LogP contribution in [0.2, 0.25) is 5.02 Å². The van der Waals surface area contributed by atoms with E-state index in [2.05, 4.69) is 10.6 Å². The van der Waals surface area contributed by atoms with Gasteiger partial charge in [-0.2, -0.15) is 13.2 Å². The van der Waals surface area contributed by atoms with Gasteiger partial charge in [-0.3, -0.25) is 4.79 Å². The minimum absolute atomic E-state index is 0.0168. The maximum atomic E-state index is 13.0. The molecule has 0 fully saturated rings. The minimum atomic E-state index is -4.55. The van der Waals surface area contributed by atoms with Crippen molar-refractivity contribution in [2.45, 2.75) is 19.6 Å². The van der Waals surface area contributed by atoms with E-state index in [0.29, 0.717) is 6.54 Å². The van der Waals surface area contributed by atoms with Crippen LogP contribution in [0.15, 0.2) is 42.5 Å². The van der Waals surface area contributed by atoms with Crippen molar-refractivity contribution in [3.63, 3.8) is 0 Å². The summed E-state index contributed by atoms with van der Waals surface area (Å²) in [5, 5.41) is 5.16. The molecule has 0 saturated carbocycles. The predicted octanol–water partition coefficient (Wildman–Crippen LogP) is 4.40. The lowest BCUT2D eigenvalue weighted by molar-refractivity contribution is -0.137. The van der Waals surface area contributed by atoms with Crippen molar-refractivity contribution in [1.82, 2.24) is 5.32 Å². The van der Waals surface area contributed by atoms with Gasteiger partial charge < -0.3 is 10.6 Å². The van der Waals surface area contributed by atoms with Crippen LogP contribution in [-0.4, -0.2) is 12.5 Å². The van der Waals surface area contributed by atoms with Crippen molar-refractivity contribution in [2.75, 3.05) is 11.9 Å². The fraction of sp³-hybridized carbons (Fsp3) is 0.235. The maximum Gasteiger partial charge on any atom is 0.418 e. The highest BCUT2D eigenvalue weighted by atomic mass is 35.5. The molecule has 0 atom stereocenters. The van der Waals surface area contributed by atoms with Crippen LogP contribution in [-0.2, 0) is 17.5 Å². The molecular weight excluding hydrogens is 341 g/mol. The number of aryl methyl sites for hydroxylation is 1. The average Bonchev–Trinajstić information content (AvgIpc) is 2.52. The van der Waals surface area contributed by atoms with Gasteiger partial charge in [-0.15, -0.1) is 0 Å². The molecule has 128 valence electrons. The summed E-state index contributed by atoms with van der Waals surface area (Å²) in [4.78, 5) is 11.8. The second-order valence-electron chi connectivity index (χ2n) is 5.24. The molecule has 0 unspecified atom stereocenters. The third-order valence-electron chi connectivity index (χ3n) is 3.46. The minimum Gasteiger partial charge on any atom is -0.376 e. The summed E-state index contributed by atoms with van der Waals surface area (Å²) in [6.45, 7) is 1.97. The normalized spacial score (nSPS) is 11.2. The summed E-state index contributed by atoms with van der Waals surface area (Å²) in [6, 6.07) is 10.9. The Balaban J connectivity index is 1.96. The van der Waals surface area contributed by atoms with Crippen LogP contribution in [0.5, 0.6) is 0 Å². The number of hydrogen-bond acceptors (Lipinski definition) is 2. The monoisotopic (exact) mass is 356 g/mol. The van der Waals surface area contributed by atoms with Crippen molar-refractivity contribution >= 4 is 23.2 Å². The molecule has 0 radical (unpaired) electrons. The van der Waals surface area contributed by atoms with E-state index < -0.39 is 17.6 Å². The highest BCUT2D eigenvalue weighted by Gasteiger charge is 2.33. The number of anilines is 1. The number of alkyl halides is 3. The van der Waals surface area contributed by atoms with E-state index in [-0.39, 0.29) is 17.3 Å². The van der Waals surface area contributed by atoms with Crippen molar-refractivity contribution in [1.29, 1.82) is 0 Å². The molecule has 2 rings (SSSR count). The Morgan fingerprint density at radius 1 is 1.17 bits per heavy atom. The molecule has 0 heterocycles. The lowest BCUT2D eigenvalue weighted by Crippen LogP contribution is -2.30. The molecule has 24 heavy (non-hydrogen) atoms. The Kier molecular flexibility index (Phi) is 5.72. The van der Waals surface area contributed by atoms with Crippen LogP contribution in [0, 0.1) is 6.92 Å². The second-order valence-corrected chi connectivity index (χ2v) is 5.68. The van der Waals surface area contributed by atoms with Gasteiger partial charge in [0.1, 0.15) is 0 Å². The quantitative estimate of drug-likeness (QED) is 0.834. The summed E-state index contributed by atoms with van der Waals surface area (Å²) < 4.78 is 38.9. The molecule has 0 saturated heterocycles. The zero-order valence-corrected chi connectivity index (χ0v) is 13.6. The number of nitrogens with one attached hydrogen (secondary N) is 2. The zero-order valence-electron chi connectivity index (χ0n) is 12.9. The van der Waals surface area contributed by atoms with Crippen LogP contribution < -0.4 is 10.6 Å². The van der Waals surface area contributed by atoms with Gasteiger partial charge in [0.25, 0.3) is 0 Å². The van der Waals surface area contributed by atoms with E-state index in [0.717, 1.165) is 17.2 Å². The first-order chi connectivity index (χ1) is 11.3. The Hall–Kier alpha value is -2.21. The van der Waals surface area contributed by atoms with Crippen molar-refractivity contribution < 1.29 is 18.0 Å². The molecule has 0 aliphatic carbocycles. The summed E-state index contributed by atoms with van der Waals surface area (Å²) in [7, 11) is 0. The topological polar surface area (TPSA) is 41.1 Å². The van der Waals surface area contributed by atoms with Crippen molar-refractivity contribution in [2.24, 2.45) is 0 Å². The van der Waals surface area contributed by atoms with Gasteiger partial charge >= 0.3 is 6.18 Å². The van der Waals surface area contributed by atoms with Gasteiger partial charge in [-0.25, -0.2) is 0 Å². The first-order valence-corrected chi connectivity index (χ1v) is 7.57. The van der Waals surface area contributed by atoms with E-state index in [1.165, 1.54) is 12.1 Å². The number of hydrogen-bond donors (Lipinski definition) is 2. The molecule has 0 spiro atoms. The number of benzene rings is 2. The van der Waals surface area contributed by atoms with Gasteiger partial charge in [-0.1, -0.05) is 35.9 Å². The third-order valence-corrected chi connectivity index (χ3v) is 3.70. The lowest BCUT2D eigenvalue weighted by Gasteiger charge is -2.15. The fourth-order valence-electron chi connectivity index (χ4n) is 2.15. The predicted molar refractivity (Wildman–Crippen MR) is 88.0 cm³/mol. The van der Waals surface area contributed by atoms with Crippen LogP contribution in [0.25, 0.3) is 0 Å². The molecule has 0 aliphatic rings. The summed E-state index contributed by atoms with van der Waals surface area (Å²) in [6.07, 6.45) is -4.55. The number of halogens is 4. The van der Waals surface area contributed by atoms with Crippen LogP contribution in [0.1, 0.15) is 16.7 Å².